The standard InChI is InChI=1S/C14H20N2O4S/c1-11-2-4-13(5-3-11)21(18,19)16-14(17)15-10-12-6-8-20-9-7-12/h2-5,12H,6-10H2,1H3,(H2,15,16,17). The number of urea groups is 1. The maximum absolute atomic E-state index is 12.0. The summed E-state index contributed by atoms with van der Waals surface area (Å²) in [5.41, 5.74) is 0.956. The highest BCUT2D eigenvalue weighted by molar-refractivity contribution is 7.90. The molecule has 6 nitrogen and oxygen atoms in total. The lowest BCUT2D eigenvalue weighted by molar-refractivity contribution is 0.0670. The first kappa shape index (κ1) is 15.8. The monoisotopic (exact) mass is 312 g/mol. The second kappa shape index (κ2) is 6.91. The highest BCUT2D eigenvalue weighted by atomic mass is 32.2. The average Bonchev–Trinajstić information content (AvgIpc) is 2.46. The summed E-state index contributed by atoms with van der Waals surface area (Å²) in [6.07, 6.45) is 1.76. The minimum absolute atomic E-state index is 0.0781. The zero-order valence-electron chi connectivity index (χ0n) is 12.0. The Labute approximate surface area is 124 Å². The summed E-state index contributed by atoms with van der Waals surface area (Å²) in [5, 5.41) is 2.60. The van der Waals surface area contributed by atoms with Crippen molar-refractivity contribution in [2.45, 2.75) is 24.7 Å². The van der Waals surface area contributed by atoms with Crippen LogP contribution in [0.1, 0.15) is 18.4 Å². The van der Waals surface area contributed by atoms with E-state index in [9.17, 15) is 13.2 Å². The first-order valence-electron chi connectivity index (χ1n) is 6.92. The van der Waals surface area contributed by atoms with Gasteiger partial charge in [0.15, 0.2) is 0 Å². The minimum atomic E-state index is -3.82. The van der Waals surface area contributed by atoms with Crippen LogP contribution in [0.5, 0.6) is 0 Å². The fourth-order valence-corrected chi connectivity index (χ4v) is 3.05. The Morgan fingerprint density at radius 2 is 1.86 bits per heavy atom. The van der Waals surface area contributed by atoms with Crippen molar-refractivity contribution in [1.82, 2.24) is 10.0 Å². The molecule has 0 spiro atoms. The number of carbonyl (C=O) groups is 1. The van der Waals surface area contributed by atoms with E-state index in [0.29, 0.717) is 25.7 Å². The largest absolute Gasteiger partial charge is 0.381 e. The van der Waals surface area contributed by atoms with Gasteiger partial charge in [0.1, 0.15) is 0 Å². The molecular weight excluding hydrogens is 292 g/mol. The third kappa shape index (κ3) is 4.71. The Kier molecular flexibility index (Phi) is 5.19. The van der Waals surface area contributed by atoms with E-state index in [2.05, 4.69) is 5.32 Å². The van der Waals surface area contributed by atoms with Crippen LogP contribution >= 0.6 is 0 Å². The molecule has 0 saturated carbocycles. The third-order valence-corrected chi connectivity index (χ3v) is 4.80. The number of benzene rings is 1. The van der Waals surface area contributed by atoms with E-state index in [1.807, 2.05) is 11.6 Å². The first-order valence-corrected chi connectivity index (χ1v) is 8.41. The predicted octanol–water partition coefficient (Wildman–Crippen LogP) is 1.41. The van der Waals surface area contributed by atoms with Crippen LogP contribution in [0.25, 0.3) is 0 Å². The van der Waals surface area contributed by atoms with Crippen molar-refractivity contribution >= 4 is 16.1 Å². The molecule has 0 atom stereocenters. The number of amides is 2. The first-order chi connectivity index (χ1) is 9.97. The van der Waals surface area contributed by atoms with Gasteiger partial charge in [-0.1, -0.05) is 17.7 Å². The van der Waals surface area contributed by atoms with E-state index in [1.165, 1.54) is 12.1 Å². The lowest BCUT2D eigenvalue weighted by Gasteiger charge is -2.22. The number of carbonyl (C=O) groups excluding carboxylic acids is 1. The summed E-state index contributed by atoms with van der Waals surface area (Å²) in [5.74, 6) is 0.339. The average molecular weight is 312 g/mol. The van der Waals surface area contributed by atoms with Crippen LogP contribution in [-0.2, 0) is 14.8 Å². The Morgan fingerprint density at radius 1 is 1.24 bits per heavy atom. The van der Waals surface area contributed by atoms with E-state index in [0.717, 1.165) is 18.4 Å². The summed E-state index contributed by atoms with van der Waals surface area (Å²) in [6, 6.07) is 5.64. The Balaban J connectivity index is 1.87. The number of ether oxygens (including phenoxy) is 1. The lowest BCUT2D eigenvalue weighted by atomic mass is 10.0. The fraction of sp³-hybridized carbons (Fsp3) is 0.500. The van der Waals surface area contributed by atoms with E-state index in [1.54, 1.807) is 12.1 Å². The number of nitrogens with one attached hydrogen (secondary N) is 2. The molecule has 1 aromatic carbocycles. The molecule has 1 aliphatic rings. The van der Waals surface area contributed by atoms with Gasteiger partial charge in [0.25, 0.3) is 10.0 Å². The number of hydrogen-bond donors (Lipinski definition) is 2. The molecule has 116 valence electrons. The van der Waals surface area contributed by atoms with Gasteiger partial charge in [-0.3, -0.25) is 0 Å². The van der Waals surface area contributed by atoms with Crippen LogP contribution in [0.15, 0.2) is 29.2 Å². The van der Waals surface area contributed by atoms with Crippen molar-refractivity contribution in [3.8, 4) is 0 Å². The smallest absolute Gasteiger partial charge is 0.328 e. The molecule has 0 aromatic heterocycles. The molecule has 0 radical (unpaired) electrons. The zero-order valence-corrected chi connectivity index (χ0v) is 12.8. The van der Waals surface area contributed by atoms with Crippen LogP contribution in [0.2, 0.25) is 0 Å². The van der Waals surface area contributed by atoms with Crippen molar-refractivity contribution in [3.05, 3.63) is 29.8 Å². The summed E-state index contributed by atoms with van der Waals surface area (Å²) in [6.45, 7) is 3.70. The fourth-order valence-electron chi connectivity index (χ4n) is 2.12. The third-order valence-electron chi connectivity index (χ3n) is 3.45. The molecule has 1 aliphatic heterocycles. The van der Waals surface area contributed by atoms with Crippen molar-refractivity contribution in [2.75, 3.05) is 19.8 Å². The van der Waals surface area contributed by atoms with E-state index >= 15 is 0 Å². The molecule has 1 heterocycles. The molecule has 2 rings (SSSR count). The summed E-state index contributed by atoms with van der Waals surface area (Å²) in [4.78, 5) is 11.8. The number of sulfonamides is 1. The highest BCUT2D eigenvalue weighted by Crippen LogP contribution is 2.13. The SMILES string of the molecule is Cc1ccc(S(=O)(=O)NC(=O)NCC2CCOCC2)cc1. The molecule has 0 bridgehead atoms. The van der Waals surface area contributed by atoms with E-state index < -0.39 is 16.1 Å². The quantitative estimate of drug-likeness (QED) is 0.880. The van der Waals surface area contributed by atoms with Crippen LogP contribution in [0, 0.1) is 12.8 Å². The molecule has 2 N–H and O–H groups in total. The van der Waals surface area contributed by atoms with Gasteiger partial charge >= 0.3 is 6.03 Å². The van der Waals surface area contributed by atoms with Crippen LogP contribution in [0.3, 0.4) is 0 Å². The molecule has 1 aromatic rings. The summed E-state index contributed by atoms with van der Waals surface area (Å²) < 4.78 is 31.3. The van der Waals surface area contributed by atoms with Gasteiger partial charge in [-0.2, -0.15) is 0 Å². The van der Waals surface area contributed by atoms with Gasteiger partial charge < -0.3 is 10.1 Å². The minimum Gasteiger partial charge on any atom is -0.381 e. The Morgan fingerprint density at radius 3 is 2.48 bits per heavy atom. The van der Waals surface area contributed by atoms with Crippen molar-refractivity contribution < 1.29 is 17.9 Å². The Bertz CT molecular complexity index is 577. The number of hydrogen-bond acceptors (Lipinski definition) is 4. The molecule has 21 heavy (non-hydrogen) atoms. The van der Waals surface area contributed by atoms with Crippen molar-refractivity contribution in [1.29, 1.82) is 0 Å². The van der Waals surface area contributed by atoms with Crippen LogP contribution < -0.4 is 10.0 Å². The van der Waals surface area contributed by atoms with Gasteiger partial charge in [0, 0.05) is 19.8 Å². The maximum atomic E-state index is 12.0. The molecule has 0 unspecified atom stereocenters. The summed E-state index contributed by atoms with van der Waals surface area (Å²) in [7, 11) is -3.82. The van der Waals surface area contributed by atoms with Gasteiger partial charge in [0.2, 0.25) is 0 Å². The molecule has 1 saturated heterocycles. The zero-order chi connectivity index (χ0) is 15.3. The van der Waals surface area contributed by atoms with Crippen LogP contribution in [0.4, 0.5) is 4.79 Å². The van der Waals surface area contributed by atoms with Crippen LogP contribution in [-0.4, -0.2) is 34.2 Å². The molecular formula is C14H20N2O4S. The number of rotatable bonds is 4. The maximum Gasteiger partial charge on any atom is 0.328 e. The topological polar surface area (TPSA) is 84.5 Å². The Hall–Kier alpha value is -1.60. The lowest BCUT2D eigenvalue weighted by Crippen LogP contribution is -2.42. The summed E-state index contributed by atoms with van der Waals surface area (Å²) >= 11 is 0. The molecule has 1 fully saturated rings. The van der Waals surface area contributed by atoms with E-state index in [-0.39, 0.29) is 4.90 Å². The van der Waals surface area contributed by atoms with E-state index in [4.69, 9.17) is 4.74 Å². The highest BCUT2D eigenvalue weighted by Gasteiger charge is 2.19. The molecule has 0 aliphatic carbocycles. The van der Waals surface area contributed by atoms with Gasteiger partial charge in [-0.05, 0) is 37.8 Å². The number of aryl methyl sites for hydroxylation is 1. The van der Waals surface area contributed by atoms with Crippen molar-refractivity contribution in [3.63, 3.8) is 0 Å². The molecule has 7 heteroatoms. The second-order valence-corrected chi connectivity index (χ2v) is 6.87. The van der Waals surface area contributed by atoms with Gasteiger partial charge in [-0.15, -0.1) is 0 Å². The van der Waals surface area contributed by atoms with Crippen molar-refractivity contribution in [2.24, 2.45) is 5.92 Å². The predicted molar refractivity (Wildman–Crippen MR) is 78.4 cm³/mol. The van der Waals surface area contributed by atoms with Gasteiger partial charge in [0.05, 0.1) is 4.90 Å². The second-order valence-electron chi connectivity index (χ2n) is 5.18. The van der Waals surface area contributed by atoms with Gasteiger partial charge in [-0.25, -0.2) is 17.9 Å². The molecule has 2 amide bonds. The normalized spacial score (nSPS) is 16.4.